The van der Waals surface area contributed by atoms with Crippen LogP contribution in [0.3, 0.4) is 0 Å². The molecule has 2 aromatic carbocycles. The summed E-state index contributed by atoms with van der Waals surface area (Å²) in [6.45, 7) is 5.24. The van der Waals surface area contributed by atoms with E-state index in [1.54, 1.807) is 26.4 Å². The van der Waals surface area contributed by atoms with Crippen molar-refractivity contribution in [1.82, 2.24) is 10.2 Å². The number of nitrogens with zero attached hydrogens (tertiary/aromatic N) is 1. The molecule has 1 atom stereocenters. The molecule has 7 heteroatoms. The number of ether oxygens (including phenoxy) is 3. The number of hydrogen-bond acceptors (Lipinski definition) is 5. The van der Waals surface area contributed by atoms with Gasteiger partial charge in [-0.05, 0) is 30.7 Å². The number of halogens is 1. The molecular weight excluding hydrogens is 392 g/mol. The third-order valence-electron chi connectivity index (χ3n) is 5.22. The lowest BCUT2D eigenvalue weighted by Gasteiger charge is -2.35. The van der Waals surface area contributed by atoms with Crippen molar-refractivity contribution in [2.75, 3.05) is 47.1 Å². The molecule has 0 radical (unpaired) electrons. The number of amides is 1. The van der Waals surface area contributed by atoms with Gasteiger partial charge < -0.3 is 19.5 Å². The number of hydrogen-bond donors (Lipinski definition) is 1. The van der Waals surface area contributed by atoms with Crippen molar-refractivity contribution in [3.05, 3.63) is 58.1 Å². The minimum atomic E-state index is -0.188. The average Bonchev–Trinajstić information content (AvgIpc) is 2.75. The van der Waals surface area contributed by atoms with Gasteiger partial charge in [0.05, 0.1) is 33.5 Å². The lowest BCUT2D eigenvalue weighted by molar-refractivity contribution is 0.0162. The first-order chi connectivity index (χ1) is 14.0. The Morgan fingerprint density at radius 2 is 1.79 bits per heavy atom. The van der Waals surface area contributed by atoms with Crippen LogP contribution in [0.15, 0.2) is 36.4 Å². The maximum absolute atomic E-state index is 12.9. The minimum Gasteiger partial charge on any atom is -0.496 e. The number of carbonyl (C=O) groups is 1. The lowest BCUT2D eigenvalue weighted by Crippen LogP contribution is -2.44. The zero-order valence-corrected chi connectivity index (χ0v) is 17.8. The molecule has 0 bridgehead atoms. The van der Waals surface area contributed by atoms with Crippen LogP contribution in [-0.2, 0) is 4.74 Å². The first kappa shape index (κ1) is 21.4. The van der Waals surface area contributed by atoms with Gasteiger partial charge in [0.25, 0.3) is 5.91 Å². The summed E-state index contributed by atoms with van der Waals surface area (Å²) >= 11 is 6.46. The van der Waals surface area contributed by atoms with Crippen molar-refractivity contribution in [1.29, 1.82) is 0 Å². The van der Waals surface area contributed by atoms with Crippen molar-refractivity contribution in [3.8, 4) is 11.5 Å². The Hall–Kier alpha value is -2.28. The van der Waals surface area contributed by atoms with Gasteiger partial charge in [-0.1, -0.05) is 29.8 Å². The predicted octanol–water partition coefficient (Wildman–Crippen LogP) is 3.47. The second-order valence-corrected chi connectivity index (χ2v) is 7.31. The maximum Gasteiger partial charge on any atom is 0.251 e. The van der Waals surface area contributed by atoms with Gasteiger partial charge in [0.15, 0.2) is 0 Å². The molecule has 1 amide bonds. The third kappa shape index (κ3) is 5.01. The molecule has 3 rings (SSSR count). The summed E-state index contributed by atoms with van der Waals surface area (Å²) < 4.78 is 16.3. The van der Waals surface area contributed by atoms with E-state index in [1.165, 1.54) is 0 Å². The first-order valence-electron chi connectivity index (χ1n) is 9.62. The van der Waals surface area contributed by atoms with Crippen LogP contribution in [0.25, 0.3) is 0 Å². The number of morpholine rings is 1. The molecule has 0 aromatic heterocycles. The number of nitrogens with one attached hydrogen (secondary N) is 1. The van der Waals surface area contributed by atoms with Gasteiger partial charge in [-0.15, -0.1) is 0 Å². The second-order valence-electron chi connectivity index (χ2n) is 6.90. The predicted molar refractivity (Wildman–Crippen MR) is 113 cm³/mol. The summed E-state index contributed by atoms with van der Waals surface area (Å²) in [6, 6.07) is 11.2. The smallest absolute Gasteiger partial charge is 0.251 e. The average molecular weight is 419 g/mol. The molecule has 1 fully saturated rings. The summed E-state index contributed by atoms with van der Waals surface area (Å²) in [5.74, 6) is 1.04. The van der Waals surface area contributed by atoms with Crippen molar-refractivity contribution >= 4 is 17.5 Å². The van der Waals surface area contributed by atoms with E-state index >= 15 is 0 Å². The summed E-state index contributed by atoms with van der Waals surface area (Å²) in [5, 5.41) is 3.74. The summed E-state index contributed by atoms with van der Waals surface area (Å²) in [6.07, 6.45) is 0. The van der Waals surface area contributed by atoms with E-state index in [4.69, 9.17) is 25.8 Å². The van der Waals surface area contributed by atoms with E-state index in [0.717, 1.165) is 24.2 Å². The third-order valence-corrected chi connectivity index (χ3v) is 5.57. The number of methoxy groups -OCH3 is 2. The maximum atomic E-state index is 12.9. The highest BCUT2D eigenvalue weighted by molar-refractivity contribution is 6.31. The van der Waals surface area contributed by atoms with E-state index in [1.807, 2.05) is 31.2 Å². The standard InChI is InChI=1S/C22H27ClN2O4/c1-15-20(27-2)12-16(13-21(15)28-3)22(26)24-14-19(25-8-10-29-11-9-25)17-6-4-5-7-18(17)23/h4-7,12-13,19H,8-11,14H2,1-3H3,(H,24,26). The molecule has 29 heavy (non-hydrogen) atoms. The molecular formula is C22H27ClN2O4. The van der Waals surface area contributed by atoms with E-state index < -0.39 is 0 Å². The Labute approximate surface area is 176 Å². The van der Waals surface area contributed by atoms with Crippen LogP contribution in [0, 0.1) is 6.92 Å². The zero-order valence-electron chi connectivity index (χ0n) is 17.0. The highest BCUT2D eigenvalue weighted by Gasteiger charge is 2.25. The Morgan fingerprint density at radius 1 is 1.17 bits per heavy atom. The summed E-state index contributed by atoms with van der Waals surface area (Å²) in [5.41, 5.74) is 2.34. The summed E-state index contributed by atoms with van der Waals surface area (Å²) in [7, 11) is 3.16. The number of carbonyl (C=O) groups excluding carboxylic acids is 1. The molecule has 1 aliphatic heterocycles. The quantitative estimate of drug-likeness (QED) is 0.746. The van der Waals surface area contributed by atoms with Crippen molar-refractivity contribution in [3.63, 3.8) is 0 Å². The molecule has 0 spiro atoms. The van der Waals surface area contributed by atoms with Crippen LogP contribution in [0.4, 0.5) is 0 Å². The highest BCUT2D eigenvalue weighted by Crippen LogP contribution is 2.30. The second kappa shape index (κ2) is 9.96. The molecule has 1 saturated heterocycles. The molecule has 0 aliphatic carbocycles. The van der Waals surface area contributed by atoms with Crippen LogP contribution < -0.4 is 14.8 Å². The van der Waals surface area contributed by atoms with Crippen molar-refractivity contribution in [2.24, 2.45) is 0 Å². The van der Waals surface area contributed by atoms with Crippen LogP contribution in [-0.4, -0.2) is 57.9 Å². The molecule has 1 heterocycles. The van der Waals surface area contributed by atoms with Gasteiger partial charge in [0.1, 0.15) is 11.5 Å². The van der Waals surface area contributed by atoms with Gasteiger partial charge >= 0.3 is 0 Å². The van der Waals surface area contributed by atoms with Crippen LogP contribution in [0.1, 0.15) is 27.5 Å². The molecule has 1 N–H and O–H groups in total. The first-order valence-corrected chi connectivity index (χ1v) is 10.00. The SMILES string of the molecule is COc1cc(C(=O)NCC(c2ccccc2Cl)N2CCOCC2)cc(OC)c1C. The molecule has 0 saturated carbocycles. The fourth-order valence-corrected chi connectivity index (χ4v) is 3.84. The van der Waals surface area contributed by atoms with Gasteiger partial charge in [0.2, 0.25) is 0 Å². The Bertz CT molecular complexity index is 827. The largest absolute Gasteiger partial charge is 0.496 e. The zero-order chi connectivity index (χ0) is 20.8. The molecule has 6 nitrogen and oxygen atoms in total. The highest BCUT2D eigenvalue weighted by atomic mass is 35.5. The van der Waals surface area contributed by atoms with Crippen LogP contribution >= 0.6 is 11.6 Å². The van der Waals surface area contributed by atoms with Gasteiger partial charge in [-0.2, -0.15) is 0 Å². The van der Waals surface area contributed by atoms with E-state index in [2.05, 4.69) is 10.2 Å². The van der Waals surface area contributed by atoms with E-state index in [-0.39, 0.29) is 11.9 Å². The molecule has 156 valence electrons. The molecule has 1 aliphatic rings. The number of benzene rings is 2. The topological polar surface area (TPSA) is 60.0 Å². The fourth-order valence-electron chi connectivity index (χ4n) is 3.58. The summed E-state index contributed by atoms with van der Waals surface area (Å²) in [4.78, 5) is 15.2. The Balaban J connectivity index is 1.80. The van der Waals surface area contributed by atoms with Gasteiger partial charge in [-0.25, -0.2) is 0 Å². The lowest BCUT2D eigenvalue weighted by atomic mass is 10.0. The van der Waals surface area contributed by atoms with Gasteiger partial charge in [0, 0.05) is 35.8 Å². The Kier molecular flexibility index (Phi) is 7.36. The van der Waals surface area contributed by atoms with E-state index in [0.29, 0.717) is 41.8 Å². The minimum absolute atomic E-state index is 0.0363. The van der Waals surface area contributed by atoms with E-state index in [9.17, 15) is 4.79 Å². The normalized spacial score (nSPS) is 15.6. The van der Waals surface area contributed by atoms with Gasteiger partial charge in [-0.3, -0.25) is 9.69 Å². The van der Waals surface area contributed by atoms with Crippen molar-refractivity contribution in [2.45, 2.75) is 13.0 Å². The van der Waals surface area contributed by atoms with Crippen LogP contribution in [0.5, 0.6) is 11.5 Å². The van der Waals surface area contributed by atoms with Crippen LogP contribution in [0.2, 0.25) is 5.02 Å². The molecule has 1 unspecified atom stereocenters. The molecule has 2 aromatic rings. The number of rotatable bonds is 7. The van der Waals surface area contributed by atoms with Crippen molar-refractivity contribution < 1.29 is 19.0 Å². The monoisotopic (exact) mass is 418 g/mol. The Morgan fingerprint density at radius 3 is 2.38 bits per heavy atom. The fraction of sp³-hybridized carbons (Fsp3) is 0.409.